The van der Waals surface area contributed by atoms with Crippen LogP contribution in [0.4, 0.5) is 0 Å². The minimum absolute atomic E-state index is 0.0615. The number of rotatable bonds is 9. The summed E-state index contributed by atoms with van der Waals surface area (Å²) < 4.78 is 5.56. The van der Waals surface area contributed by atoms with Crippen LogP contribution in [0.3, 0.4) is 0 Å². The summed E-state index contributed by atoms with van der Waals surface area (Å²) in [5, 5.41) is 5.77. The molecule has 0 aliphatic rings. The number of nitrogens with one attached hydrogen (secondary N) is 1. The number of benzene rings is 2. The van der Waals surface area contributed by atoms with E-state index in [1.807, 2.05) is 66.9 Å². The highest BCUT2D eigenvalue weighted by molar-refractivity contribution is 7.10. The molecule has 1 unspecified atom stereocenters. The predicted octanol–water partition coefficient (Wildman–Crippen LogP) is 4.59. The number of carbonyl (C=O) groups is 2. The molecule has 2 aromatic carbocycles. The fourth-order valence-corrected chi connectivity index (χ4v) is 3.63. The molecular formula is C23H24N2O3S. The molecule has 29 heavy (non-hydrogen) atoms. The van der Waals surface area contributed by atoms with Crippen molar-refractivity contribution in [3.05, 3.63) is 70.5 Å². The van der Waals surface area contributed by atoms with Crippen molar-refractivity contribution in [2.24, 2.45) is 0 Å². The third kappa shape index (κ3) is 6.26. The number of thiazole rings is 1. The highest BCUT2D eigenvalue weighted by Crippen LogP contribution is 2.25. The second-order valence-electron chi connectivity index (χ2n) is 6.86. The minimum Gasteiger partial charge on any atom is -0.484 e. The number of Topliss-reactive ketones (excluding diaryl/α,β-unsaturated/α-hetero) is 1. The third-order valence-corrected chi connectivity index (χ3v) is 5.43. The maximum absolute atomic E-state index is 12.2. The number of amides is 1. The molecule has 1 atom stereocenters. The molecule has 1 N–H and O–H groups in total. The van der Waals surface area contributed by atoms with Gasteiger partial charge in [-0.05, 0) is 38.0 Å². The van der Waals surface area contributed by atoms with Crippen LogP contribution in [-0.2, 0) is 16.0 Å². The molecule has 5 nitrogen and oxygen atoms in total. The van der Waals surface area contributed by atoms with Gasteiger partial charge in [0, 0.05) is 17.4 Å². The van der Waals surface area contributed by atoms with Crippen molar-refractivity contribution in [3.8, 4) is 17.0 Å². The van der Waals surface area contributed by atoms with E-state index in [9.17, 15) is 9.59 Å². The number of aryl methyl sites for hydroxylation is 1. The zero-order valence-electron chi connectivity index (χ0n) is 16.6. The van der Waals surface area contributed by atoms with Gasteiger partial charge in [0.1, 0.15) is 16.5 Å². The monoisotopic (exact) mass is 408 g/mol. The summed E-state index contributed by atoms with van der Waals surface area (Å²) in [6.45, 7) is 3.44. The van der Waals surface area contributed by atoms with Gasteiger partial charge >= 0.3 is 0 Å². The first-order valence-electron chi connectivity index (χ1n) is 9.52. The van der Waals surface area contributed by atoms with Gasteiger partial charge in [0.15, 0.2) is 6.61 Å². The minimum atomic E-state index is -0.199. The van der Waals surface area contributed by atoms with Crippen LogP contribution in [0.15, 0.2) is 60.0 Å². The van der Waals surface area contributed by atoms with Crippen molar-refractivity contribution < 1.29 is 14.3 Å². The summed E-state index contributed by atoms with van der Waals surface area (Å²) in [4.78, 5) is 27.9. The Labute approximate surface area is 174 Å². The molecule has 0 spiro atoms. The van der Waals surface area contributed by atoms with Crippen molar-refractivity contribution in [1.29, 1.82) is 0 Å². The Morgan fingerprint density at radius 3 is 2.52 bits per heavy atom. The standard InChI is InChI=1S/C23H24N2O3S/c1-16(26)8-9-18-10-12-20(13-11-18)28-14-22(27)24-17(2)23-25-21(15-29-23)19-6-4-3-5-7-19/h3-7,10-13,15,17H,8-9,14H2,1-2H3,(H,24,27). The second kappa shape index (κ2) is 9.98. The lowest BCUT2D eigenvalue weighted by molar-refractivity contribution is -0.123. The van der Waals surface area contributed by atoms with Gasteiger partial charge in [0.2, 0.25) is 0 Å². The quantitative estimate of drug-likeness (QED) is 0.562. The topological polar surface area (TPSA) is 68.3 Å². The number of aromatic nitrogens is 1. The number of ether oxygens (including phenoxy) is 1. The largest absolute Gasteiger partial charge is 0.484 e. The Morgan fingerprint density at radius 2 is 1.83 bits per heavy atom. The van der Waals surface area contributed by atoms with Crippen LogP contribution >= 0.6 is 11.3 Å². The fraction of sp³-hybridized carbons (Fsp3) is 0.261. The van der Waals surface area contributed by atoms with E-state index in [2.05, 4.69) is 10.3 Å². The van der Waals surface area contributed by atoms with E-state index in [1.54, 1.807) is 6.92 Å². The second-order valence-corrected chi connectivity index (χ2v) is 7.75. The molecule has 0 radical (unpaired) electrons. The predicted molar refractivity (Wildman–Crippen MR) is 115 cm³/mol. The van der Waals surface area contributed by atoms with E-state index in [1.165, 1.54) is 11.3 Å². The average molecular weight is 409 g/mol. The van der Waals surface area contributed by atoms with Crippen molar-refractivity contribution in [2.45, 2.75) is 32.7 Å². The summed E-state index contributed by atoms with van der Waals surface area (Å²) in [5.74, 6) is 0.599. The Kier molecular flexibility index (Phi) is 7.14. The SMILES string of the molecule is CC(=O)CCc1ccc(OCC(=O)NC(C)c2nc(-c3ccccc3)cs2)cc1. The van der Waals surface area contributed by atoms with Crippen LogP contribution in [0.1, 0.15) is 36.9 Å². The fourth-order valence-electron chi connectivity index (χ4n) is 2.79. The van der Waals surface area contributed by atoms with Crippen molar-refractivity contribution >= 4 is 23.0 Å². The summed E-state index contributed by atoms with van der Waals surface area (Å²) in [5.41, 5.74) is 3.04. The molecule has 0 bridgehead atoms. The van der Waals surface area contributed by atoms with Gasteiger partial charge in [-0.15, -0.1) is 11.3 Å². The number of hydrogen-bond acceptors (Lipinski definition) is 5. The molecule has 0 saturated heterocycles. The van der Waals surface area contributed by atoms with Crippen LogP contribution in [0.25, 0.3) is 11.3 Å². The Morgan fingerprint density at radius 1 is 1.10 bits per heavy atom. The lowest BCUT2D eigenvalue weighted by Gasteiger charge is -2.12. The molecule has 6 heteroatoms. The molecule has 1 aromatic heterocycles. The lowest BCUT2D eigenvalue weighted by atomic mass is 10.1. The summed E-state index contributed by atoms with van der Waals surface area (Å²) in [6, 6.07) is 17.2. The summed E-state index contributed by atoms with van der Waals surface area (Å²) >= 11 is 1.53. The van der Waals surface area contributed by atoms with Gasteiger partial charge < -0.3 is 14.8 Å². The van der Waals surface area contributed by atoms with Crippen molar-refractivity contribution in [3.63, 3.8) is 0 Å². The van der Waals surface area contributed by atoms with Crippen LogP contribution in [-0.4, -0.2) is 23.3 Å². The number of ketones is 1. The van der Waals surface area contributed by atoms with Gasteiger partial charge in [0.05, 0.1) is 11.7 Å². The first kappa shape index (κ1) is 20.7. The maximum atomic E-state index is 12.2. The van der Waals surface area contributed by atoms with E-state index in [-0.39, 0.29) is 24.3 Å². The first-order valence-corrected chi connectivity index (χ1v) is 10.4. The normalized spacial score (nSPS) is 11.7. The van der Waals surface area contributed by atoms with Crippen LogP contribution in [0.2, 0.25) is 0 Å². The van der Waals surface area contributed by atoms with Crippen molar-refractivity contribution in [1.82, 2.24) is 10.3 Å². The highest BCUT2D eigenvalue weighted by atomic mass is 32.1. The van der Waals surface area contributed by atoms with Crippen LogP contribution in [0.5, 0.6) is 5.75 Å². The molecular weight excluding hydrogens is 384 g/mol. The van der Waals surface area contributed by atoms with Gasteiger partial charge in [0.25, 0.3) is 5.91 Å². The van der Waals surface area contributed by atoms with Gasteiger partial charge in [-0.25, -0.2) is 4.98 Å². The molecule has 3 aromatic rings. The molecule has 0 aliphatic carbocycles. The Bertz CT molecular complexity index is 952. The van der Waals surface area contributed by atoms with Gasteiger partial charge in [-0.3, -0.25) is 4.79 Å². The Hall–Kier alpha value is -2.99. The van der Waals surface area contributed by atoms with Gasteiger partial charge in [-0.1, -0.05) is 42.5 Å². The molecule has 0 fully saturated rings. The van der Waals surface area contributed by atoms with Gasteiger partial charge in [-0.2, -0.15) is 0 Å². The molecule has 0 aliphatic heterocycles. The number of carbonyl (C=O) groups excluding carboxylic acids is 2. The highest BCUT2D eigenvalue weighted by Gasteiger charge is 2.14. The van der Waals surface area contributed by atoms with Crippen LogP contribution < -0.4 is 10.1 Å². The maximum Gasteiger partial charge on any atom is 0.258 e. The average Bonchev–Trinajstić information content (AvgIpc) is 3.22. The molecule has 0 saturated carbocycles. The van der Waals surface area contributed by atoms with E-state index < -0.39 is 0 Å². The first-order chi connectivity index (χ1) is 14.0. The van der Waals surface area contributed by atoms with Crippen LogP contribution in [0, 0.1) is 0 Å². The van der Waals surface area contributed by atoms with E-state index >= 15 is 0 Å². The number of hydrogen-bond donors (Lipinski definition) is 1. The van der Waals surface area contributed by atoms with E-state index in [0.29, 0.717) is 18.6 Å². The summed E-state index contributed by atoms with van der Waals surface area (Å²) in [6.07, 6.45) is 1.25. The van der Waals surface area contributed by atoms with E-state index in [0.717, 1.165) is 21.8 Å². The lowest BCUT2D eigenvalue weighted by Crippen LogP contribution is -2.31. The smallest absolute Gasteiger partial charge is 0.258 e. The molecule has 3 rings (SSSR count). The molecule has 1 heterocycles. The zero-order valence-corrected chi connectivity index (χ0v) is 17.4. The molecule has 150 valence electrons. The summed E-state index contributed by atoms with van der Waals surface area (Å²) in [7, 11) is 0. The zero-order chi connectivity index (χ0) is 20.6. The number of nitrogens with zero attached hydrogens (tertiary/aromatic N) is 1. The van der Waals surface area contributed by atoms with Crippen molar-refractivity contribution in [2.75, 3.05) is 6.61 Å². The molecule has 1 amide bonds. The Balaban J connectivity index is 1.48. The van der Waals surface area contributed by atoms with E-state index in [4.69, 9.17) is 4.74 Å². The third-order valence-electron chi connectivity index (χ3n) is 4.40.